The molecular formula is C9H12N2O2. The number of carbonyl (C=O) groups excluding carboxylic acids is 1. The van der Waals surface area contributed by atoms with E-state index in [1.165, 1.54) is 4.90 Å². The topological polar surface area (TPSA) is 43.8 Å². The van der Waals surface area contributed by atoms with Crippen LogP contribution in [-0.2, 0) is 0 Å². The molecule has 0 atom stereocenters. The highest BCUT2D eigenvalue weighted by Crippen LogP contribution is 2.11. The van der Waals surface area contributed by atoms with Gasteiger partial charge in [-0.25, -0.2) is 4.79 Å². The zero-order valence-corrected chi connectivity index (χ0v) is 7.64. The third-order valence-electron chi connectivity index (χ3n) is 1.56. The maximum absolute atomic E-state index is 11.2. The van der Waals surface area contributed by atoms with Gasteiger partial charge in [0, 0.05) is 14.1 Å². The lowest BCUT2D eigenvalue weighted by atomic mass is 10.3. The van der Waals surface area contributed by atoms with Crippen molar-refractivity contribution in [2.24, 2.45) is 0 Å². The molecule has 1 N–H and O–H groups in total. The predicted octanol–water partition coefficient (Wildman–Crippen LogP) is 1.56. The van der Waals surface area contributed by atoms with Crippen molar-refractivity contribution in [3.8, 4) is 0 Å². The number of benzene rings is 1. The molecule has 0 saturated carbocycles. The van der Waals surface area contributed by atoms with Crippen LogP contribution < -0.4 is 5.06 Å². The van der Waals surface area contributed by atoms with Crippen molar-refractivity contribution in [1.82, 2.24) is 4.90 Å². The maximum Gasteiger partial charge on any atom is 0.348 e. The van der Waals surface area contributed by atoms with E-state index in [1.54, 1.807) is 38.4 Å². The normalized spacial score (nSPS) is 9.46. The van der Waals surface area contributed by atoms with Crippen molar-refractivity contribution in [1.29, 1.82) is 0 Å². The smallest absolute Gasteiger partial charge is 0.329 e. The van der Waals surface area contributed by atoms with Gasteiger partial charge in [0.2, 0.25) is 0 Å². The minimum atomic E-state index is -0.466. The standard InChI is InChI=1S/C9H12N2O2/c1-10(2)9(12)11(13)8-6-4-3-5-7-8/h3-7,13H,1-2H3. The first-order valence-corrected chi connectivity index (χ1v) is 3.88. The molecule has 1 aromatic carbocycles. The number of hydrogen-bond donors (Lipinski definition) is 1. The molecule has 1 rings (SSSR count). The second kappa shape index (κ2) is 3.91. The lowest BCUT2D eigenvalue weighted by Gasteiger charge is -2.19. The zero-order chi connectivity index (χ0) is 9.84. The summed E-state index contributed by atoms with van der Waals surface area (Å²) in [6.45, 7) is 0. The van der Waals surface area contributed by atoms with Crippen LogP contribution in [0.1, 0.15) is 0 Å². The van der Waals surface area contributed by atoms with Gasteiger partial charge >= 0.3 is 6.03 Å². The number of para-hydroxylation sites is 1. The van der Waals surface area contributed by atoms with E-state index in [9.17, 15) is 10.0 Å². The van der Waals surface area contributed by atoms with Gasteiger partial charge in [-0.05, 0) is 12.1 Å². The molecule has 0 aromatic heterocycles. The molecule has 0 spiro atoms. The molecule has 0 aliphatic rings. The minimum Gasteiger partial charge on any atom is -0.329 e. The van der Waals surface area contributed by atoms with Crippen molar-refractivity contribution in [3.05, 3.63) is 30.3 Å². The van der Waals surface area contributed by atoms with Crippen molar-refractivity contribution in [3.63, 3.8) is 0 Å². The molecule has 0 aliphatic heterocycles. The lowest BCUT2D eigenvalue weighted by molar-refractivity contribution is 0.182. The van der Waals surface area contributed by atoms with Crippen LogP contribution in [-0.4, -0.2) is 30.2 Å². The molecule has 4 nitrogen and oxygen atoms in total. The number of rotatable bonds is 1. The summed E-state index contributed by atoms with van der Waals surface area (Å²) in [5, 5.41) is 10.0. The molecule has 1 aromatic rings. The SMILES string of the molecule is CN(C)C(=O)N(O)c1ccccc1. The molecule has 4 heteroatoms. The van der Waals surface area contributed by atoms with Gasteiger partial charge in [-0.1, -0.05) is 18.2 Å². The Kier molecular flexibility index (Phi) is 2.87. The van der Waals surface area contributed by atoms with Crippen molar-refractivity contribution >= 4 is 11.7 Å². The van der Waals surface area contributed by atoms with Gasteiger partial charge in [-0.2, -0.15) is 5.06 Å². The first-order valence-electron chi connectivity index (χ1n) is 3.88. The van der Waals surface area contributed by atoms with Crippen LogP contribution in [0.3, 0.4) is 0 Å². The van der Waals surface area contributed by atoms with Crippen molar-refractivity contribution in [2.45, 2.75) is 0 Å². The molecule has 0 bridgehead atoms. The lowest BCUT2D eigenvalue weighted by Crippen LogP contribution is -2.36. The Morgan fingerprint density at radius 2 is 1.77 bits per heavy atom. The van der Waals surface area contributed by atoms with Crippen LogP contribution in [0.5, 0.6) is 0 Å². The van der Waals surface area contributed by atoms with E-state index in [4.69, 9.17) is 0 Å². The Morgan fingerprint density at radius 1 is 1.23 bits per heavy atom. The summed E-state index contributed by atoms with van der Waals surface area (Å²) in [4.78, 5) is 12.5. The number of hydrogen-bond acceptors (Lipinski definition) is 2. The Labute approximate surface area is 77.0 Å². The number of carbonyl (C=O) groups is 1. The monoisotopic (exact) mass is 180 g/mol. The molecule has 0 fully saturated rings. The van der Waals surface area contributed by atoms with E-state index in [1.807, 2.05) is 6.07 Å². The molecule has 0 radical (unpaired) electrons. The molecule has 0 heterocycles. The average molecular weight is 180 g/mol. The van der Waals surface area contributed by atoms with Crippen LogP contribution in [0.4, 0.5) is 10.5 Å². The fraction of sp³-hybridized carbons (Fsp3) is 0.222. The fourth-order valence-corrected chi connectivity index (χ4v) is 0.869. The van der Waals surface area contributed by atoms with E-state index >= 15 is 0 Å². The second-order valence-electron chi connectivity index (χ2n) is 2.82. The number of nitrogens with zero attached hydrogens (tertiary/aromatic N) is 2. The van der Waals surface area contributed by atoms with Crippen LogP contribution in [0, 0.1) is 0 Å². The first kappa shape index (κ1) is 9.54. The highest BCUT2D eigenvalue weighted by atomic mass is 16.5. The third-order valence-corrected chi connectivity index (χ3v) is 1.56. The number of hydroxylamine groups is 1. The van der Waals surface area contributed by atoms with Gasteiger partial charge < -0.3 is 4.90 Å². The minimum absolute atomic E-state index is 0.459. The van der Waals surface area contributed by atoms with Gasteiger partial charge in [0.25, 0.3) is 0 Å². The third kappa shape index (κ3) is 2.19. The van der Waals surface area contributed by atoms with Gasteiger partial charge in [0.15, 0.2) is 0 Å². The molecule has 13 heavy (non-hydrogen) atoms. The van der Waals surface area contributed by atoms with Gasteiger partial charge in [0.05, 0.1) is 5.69 Å². The summed E-state index contributed by atoms with van der Waals surface area (Å²) >= 11 is 0. The molecule has 0 aliphatic carbocycles. The maximum atomic E-state index is 11.2. The van der Waals surface area contributed by atoms with E-state index in [-0.39, 0.29) is 0 Å². The summed E-state index contributed by atoms with van der Waals surface area (Å²) in [5.41, 5.74) is 0.459. The summed E-state index contributed by atoms with van der Waals surface area (Å²) in [6.07, 6.45) is 0. The van der Waals surface area contributed by atoms with E-state index in [2.05, 4.69) is 0 Å². The van der Waals surface area contributed by atoms with Gasteiger partial charge in [-0.3, -0.25) is 5.21 Å². The highest BCUT2D eigenvalue weighted by molar-refractivity contribution is 5.89. The van der Waals surface area contributed by atoms with Gasteiger partial charge in [-0.15, -0.1) is 0 Å². The van der Waals surface area contributed by atoms with Crippen molar-refractivity contribution < 1.29 is 10.0 Å². The summed E-state index contributed by atoms with van der Waals surface area (Å²) < 4.78 is 0. The van der Waals surface area contributed by atoms with E-state index in [0.29, 0.717) is 10.8 Å². The quantitative estimate of drug-likeness (QED) is 0.526. The average Bonchev–Trinajstić information content (AvgIpc) is 2.17. The Morgan fingerprint density at radius 3 is 2.23 bits per heavy atom. The number of urea groups is 1. The molecule has 0 unspecified atom stereocenters. The Balaban J connectivity index is 2.80. The van der Waals surface area contributed by atoms with Crippen molar-refractivity contribution in [2.75, 3.05) is 19.2 Å². The largest absolute Gasteiger partial charge is 0.348 e. The van der Waals surface area contributed by atoms with Crippen LogP contribution >= 0.6 is 0 Å². The molecular weight excluding hydrogens is 168 g/mol. The van der Waals surface area contributed by atoms with E-state index < -0.39 is 6.03 Å². The van der Waals surface area contributed by atoms with Gasteiger partial charge in [0.1, 0.15) is 0 Å². The predicted molar refractivity (Wildman–Crippen MR) is 49.8 cm³/mol. The summed E-state index contributed by atoms with van der Waals surface area (Å²) in [6, 6.07) is 8.16. The molecule has 70 valence electrons. The highest BCUT2D eigenvalue weighted by Gasteiger charge is 2.13. The summed E-state index contributed by atoms with van der Waals surface area (Å²) in [5.74, 6) is 0. The first-order chi connectivity index (χ1) is 6.13. The van der Waals surface area contributed by atoms with E-state index in [0.717, 1.165) is 0 Å². The number of amides is 2. The Bertz CT molecular complexity index is 285. The number of anilines is 1. The van der Waals surface area contributed by atoms with Crippen LogP contribution in [0.25, 0.3) is 0 Å². The second-order valence-corrected chi connectivity index (χ2v) is 2.82. The fourth-order valence-electron chi connectivity index (χ4n) is 0.869. The van der Waals surface area contributed by atoms with Crippen LogP contribution in [0.2, 0.25) is 0 Å². The zero-order valence-electron chi connectivity index (χ0n) is 7.64. The molecule has 2 amide bonds. The summed E-state index contributed by atoms with van der Waals surface area (Å²) in [7, 11) is 3.16. The Hall–Kier alpha value is -1.55. The van der Waals surface area contributed by atoms with Crippen LogP contribution in [0.15, 0.2) is 30.3 Å². The molecule has 0 saturated heterocycles.